The maximum Gasteiger partial charge on any atom is 0.345 e. The largest absolute Gasteiger partial charge is 0.355 e. The third-order valence-electron chi connectivity index (χ3n) is 1.47. The molecule has 1 N–H and O–H groups in total. The number of alkyl halides is 4. The van der Waals surface area contributed by atoms with Crippen LogP contribution in [0.25, 0.3) is 0 Å². The Kier molecular flexibility index (Phi) is 3.62. The zero-order valence-electron chi connectivity index (χ0n) is 7.49. The number of nitrogens with one attached hydrogen (secondary N) is 1. The highest BCUT2D eigenvalue weighted by Crippen LogP contribution is 2.27. The predicted octanol–water partition coefficient (Wildman–Crippen LogP) is 2.36. The van der Waals surface area contributed by atoms with Gasteiger partial charge in [0.05, 0.1) is 11.5 Å². The first-order chi connectivity index (χ1) is 7.33. The third kappa shape index (κ3) is 3.02. The van der Waals surface area contributed by atoms with Crippen molar-refractivity contribution in [2.45, 2.75) is 12.3 Å². The number of rotatable bonds is 5. The maximum absolute atomic E-state index is 12.4. The fourth-order valence-corrected chi connectivity index (χ4v) is 1.33. The van der Waals surface area contributed by atoms with Crippen LogP contribution in [-0.4, -0.2) is 28.8 Å². The van der Waals surface area contributed by atoms with Crippen LogP contribution in [0.4, 0.5) is 27.7 Å². The molecule has 0 saturated heterocycles. The fraction of sp³-hybridized carbons (Fsp3) is 0.500. The normalized spacial score (nSPS) is 11.8. The van der Waals surface area contributed by atoms with E-state index in [2.05, 4.69) is 4.98 Å². The molecule has 90 valence electrons. The summed E-state index contributed by atoms with van der Waals surface area (Å²) in [5, 5.41) is 11.6. The molecule has 0 bridgehead atoms. The molecule has 0 saturated carbocycles. The monoisotopic (exact) mass is 259 g/mol. The van der Waals surface area contributed by atoms with E-state index in [1.165, 1.54) is 0 Å². The Balaban J connectivity index is 2.58. The molecule has 0 unspecified atom stereocenters. The smallest absolute Gasteiger partial charge is 0.345 e. The van der Waals surface area contributed by atoms with Crippen LogP contribution in [0.2, 0.25) is 0 Å². The third-order valence-corrected chi connectivity index (χ3v) is 2.37. The molecule has 0 atom stereocenters. The molecule has 0 aromatic carbocycles. The quantitative estimate of drug-likeness (QED) is 0.500. The summed E-state index contributed by atoms with van der Waals surface area (Å²) in [7, 11) is 0. The maximum atomic E-state index is 12.4. The van der Waals surface area contributed by atoms with Gasteiger partial charge >= 0.3 is 17.3 Å². The van der Waals surface area contributed by atoms with Crippen molar-refractivity contribution in [1.82, 2.24) is 4.98 Å². The van der Waals surface area contributed by atoms with E-state index in [1.807, 2.05) is 5.32 Å². The van der Waals surface area contributed by atoms with E-state index in [1.54, 1.807) is 0 Å². The number of halogens is 4. The zero-order chi connectivity index (χ0) is 12.3. The highest BCUT2D eigenvalue weighted by molar-refractivity contribution is 7.18. The van der Waals surface area contributed by atoms with Crippen LogP contribution in [-0.2, 0) is 0 Å². The van der Waals surface area contributed by atoms with Crippen molar-refractivity contribution in [1.29, 1.82) is 0 Å². The number of nitrogens with zero attached hydrogens (tertiary/aromatic N) is 2. The molecular formula is C6H5F4N3O2S. The van der Waals surface area contributed by atoms with E-state index < -0.39 is 23.8 Å². The summed E-state index contributed by atoms with van der Waals surface area (Å²) in [4.78, 5) is 12.8. The van der Waals surface area contributed by atoms with Crippen LogP contribution in [0.15, 0.2) is 6.20 Å². The molecule has 0 aliphatic carbocycles. The minimum Gasteiger partial charge on any atom is -0.355 e. The molecule has 0 spiro atoms. The van der Waals surface area contributed by atoms with Crippen LogP contribution >= 0.6 is 11.3 Å². The van der Waals surface area contributed by atoms with Crippen molar-refractivity contribution in [3.63, 3.8) is 0 Å². The predicted molar refractivity (Wildman–Crippen MR) is 48.2 cm³/mol. The first-order valence-corrected chi connectivity index (χ1v) is 4.64. The Bertz CT molecular complexity index is 384. The molecule has 10 heteroatoms. The summed E-state index contributed by atoms with van der Waals surface area (Å²) in [6.45, 7) is -1.32. The van der Waals surface area contributed by atoms with E-state index in [0.29, 0.717) is 11.3 Å². The molecule has 0 amide bonds. The Morgan fingerprint density at radius 1 is 1.62 bits per heavy atom. The second-order valence-corrected chi connectivity index (χ2v) is 3.69. The number of aromatic nitrogens is 1. The first-order valence-electron chi connectivity index (χ1n) is 3.83. The van der Waals surface area contributed by atoms with Crippen LogP contribution in [0.5, 0.6) is 0 Å². The standard InChI is InChI=1S/C6H5F4N3O2S/c7-4(8)6(9,10)2-12-5-11-1-3(16-5)13(14)15/h1,4H,2H2,(H,11,12). The van der Waals surface area contributed by atoms with Crippen LogP contribution in [0.1, 0.15) is 0 Å². The van der Waals surface area contributed by atoms with Gasteiger partial charge in [0.25, 0.3) is 0 Å². The average molecular weight is 259 g/mol. The Morgan fingerprint density at radius 2 is 2.25 bits per heavy atom. The number of hydrogen-bond acceptors (Lipinski definition) is 5. The molecule has 1 heterocycles. The van der Waals surface area contributed by atoms with Gasteiger partial charge in [-0.05, 0) is 11.3 Å². The van der Waals surface area contributed by atoms with Crippen LogP contribution < -0.4 is 5.32 Å². The highest BCUT2D eigenvalue weighted by Gasteiger charge is 2.40. The van der Waals surface area contributed by atoms with E-state index >= 15 is 0 Å². The lowest BCUT2D eigenvalue weighted by molar-refractivity contribution is -0.380. The molecule has 0 aliphatic rings. The van der Waals surface area contributed by atoms with Crippen molar-refractivity contribution < 1.29 is 22.5 Å². The van der Waals surface area contributed by atoms with E-state index in [4.69, 9.17) is 0 Å². The molecule has 0 aliphatic heterocycles. The van der Waals surface area contributed by atoms with Crippen molar-refractivity contribution in [3.8, 4) is 0 Å². The van der Waals surface area contributed by atoms with Gasteiger partial charge in [0.1, 0.15) is 6.20 Å². The van der Waals surface area contributed by atoms with Gasteiger partial charge in [0.2, 0.25) is 0 Å². The number of nitro groups is 1. The van der Waals surface area contributed by atoms with Gasteiger partial charge in [0, 0.05) is 0 Å². The van der Waals surface area contributed by atoms with Crippen molar-refractivity contribution in [2.24, 2.45) is 0 Å². The SMILES string of the molecule is O=[N+]([O-])c1cnc(NCC(F)(F)C(F)F)s1. The van der Waals surface area contributed by atoms with Gasteiger partial charge in [-0.2, -0.15) is 8.78 Å². The molecule has 0 radical (unpaired) electrons. The Hall–Kier alpha value is -1.45. The molecular weight excluding hydrogens is 254 g/mol. The van der Waals surface area contributed by atoms with E-state index in [-0.39, 0.29) is 10.1 Å². The lowest BCUT2D eigenvalue weighted by Crippen LogP contribution is -2.34. The molecule has 1 rings (SSSR count). The number of anilines is 1. The minimum atomic E-state index is -4.19. The number of hydrogen-bond donors (Lipinski definition) is 1. The van der Waals surface area contributed by atoms with Gasteiger partial charge in [-0.1, -0.05) is 0 Å². The second kappa shape index (κ2) is 4.60. The van der Waals surface area contributed by atoms with Gasteiger partial charge < -0.3 is 5.32 Å². The summed E-state index contributed by atoms with van der Waals surface area (Å²) >= 11 is 0.494. The topological polar surface area (TPSA) is 68.1 Å². The molecule has 5 nitrogen and oxygen atoms in total. The van der Waals surface area contributed by atoms with Gasteiger partial charge in [-0.3, -0.25) is 10.1 Å². The molecule has 0 fully saturated rings. The van der Waals surface area contributed by atoms with E-state index in [9.17, 15) is 27.7 Å². The van der Waals surface area contributed by atoms with Crippen LogP contribution in [0.3, 0.4) is 0 Å². The Labute approximate surface area is 90.3 Å². The van der Waals surface area contributed by atoms with Gasteiger partial charge in [-0.15, -0.1) is 0 Å². The van der Waals surface area contributed by atoms with Crippen molar-refractivity contribution >= 4 is 21.5 Å². The summed E-state index contributed by atoms with van der Waals surface area (Å²) in [6, 6.07) is 0. The zero-order valence-corrected chi connectivity index (χ0v) is 8.31. The van der Waals surface area contributed by atoms with Crippen molar-refractivity contribution in [3.05, 3.63) is 16.3 Å². The number of thiazole rings is 1. The molecule has 16 heavy (non-hydrogen) atoms. The second-order valence-electron chi connectivity index (χ2n) is 2.68. The summed E-state index contributed by atoms with van der Waals surface area (Å²) in [5.74, 6) is -4.19. The minimum absolute atomic E-state index is 0.202. The molecule has 1 aromatic heterocycles. The Morgan fingerprint density at radius 3 is 2.69 bits per heavy atom. The van der Waals surface area contributed by atoms with Crippen LogP contribution in [0, 0.1) is 10.1 Å². The highest BCUT2D eigenvalue weighted by atomic mass is 32.1. The van der Waals surface area contributed by atoms with Gasteiger partial charge in [-0.25, -0.2) is 13.8 Å². The van der Waals surface area contributed by atoms with Gasteiger partial charge in [0.15, 0.2) is 5.13 Å². The lowest BCUT2D eigenvalue weighted by atomic mass is 10.3. The fourth-order valence-electron chi connectivity index (χ4n) is 0.702. The summed E-state index contributed by atoms with van der Waals surface area (Å²) in [5.41, 5.74) is 0. The summed E-state index contributed by atoms with van der Waals surface area (Å²) in [6.07, 6.45) is -2.94. The average Bonchev–Trinajstić information content (AvgIpc) is 2.63. The lowest BCUT2D eigenvalue weighted by Gasteiger charge is -2.14. The summed E-state index contributed by atoms with van der Waals surface area (Å²) < 4.78 is 48.3. The molecule has 1 aromatic rings. The van der Waals surface area contributed by atoms with Crippen molar-refractivity contribution in [2.75, 3.05) is 11.9 Å². The van der Waals surface area contributed by atoms with E-state index in [0.717, 1.165) is 6.20 Å². The first kappa shape index (κ1) is 12.6.